The number of aryl methyl sites for hydroxylation is 1. The third kappa shape index (κ3) is 1.64. The number of nitrogens with zero attached hydrogens (tertiary/aromatic N) is 2. The van der Waals surface area contributed by atoms with Crippen LogP contribution in [0.5, 0.6) is 0 Å². The molecule has 1 aromatic heterocycles. The normalized spacial score (nSPS) is 28.6. The minimum Gasteiger partial charge on any atom is -0.331 e. The van der Waals surface area contributed by atoms with Crippen LogP contribution in [0, 0.1) is 17.8 Å². The van der Waals surface area contributed by atoms with Crippen LogP contribution < -0.4 is 0 Å². The van der Waals surface area contributed by atoms with Gasteiger partial charge in [-0.15, -0.1) is 0 Å². The minimum atomic E-state index is 0.355. The number of Topliss-reactive ketones (excluding diaryl/α,β-unsaturated/α-hetero) is 1. The summed E-state index contributed by atoms with van der Waals surface area (Å²) in [7, 11) is 2.01. The molecule has 3 heteroatoms. The van der Waals surface area contributed by atoms with E-state index in [-0.39, 0.29) is 0 Å². The summed E-state index contributed by atoms with van der Waals surface area (Å²) < 4.78 is 2.06. The van der Waals surface area contributed by atoms with Crippen LogP contribution in [-0.2, 0) is 18.3 Å². The molecule has 0 saturated heterocycles. The van der Waals surface area contributed by atoms with E-state index < -0.39 is 0 Å². The van der Waals surface area contributed by atoms with Gasteiger partial charge in [-0.1, -0.05) is 18.6 Å². The summed E-state index contributed by atoms with van der Waals surface area (Å²) in [5, 5.41) is 0. The van der Waals surface area contributed by atoms with E-state index in [4.69, 9.17) is 0 Å². The van der Waals surface area contributed by atoms with E-state index in [2.05, 4.69) is 15.6 Å². The lowest BCUT2D eigenvalue weighted by Crippen LogP contribution is -2.12. The van der Waals surface area contributed by atoms with E-state index in [1.165, 1.54) is 19.3 Å². The number of para-hydroxylation sites is 2. The third-order valence-corrected chi connectivity index (χ3v) is 4.99. The zero-order chi connectivity index (χ0) is 13.0. The second kappa shape index (κ2) is 3.92. The molecule has 0 aliphatic heterocycles. The average molecular weight is 254 g/mol. The molecule has 2 saturated carbocycles. The van der Waals surface area contributed by atoms with Crippen molar-refractivity contribution in [1.29, 1.82) is 0 Å². The second-order valence-corrected chi connectivity index (χ2v) is 6.00. The third-order valence-electron chi connectivity index (χ3n) is 4.99. The van der Waals surface area contributed by atoms with Crippen LogP contribution in [0.3, 0.4) is 0 Å². The van der Waals surface area contributed by atoms with Crippen molar-refractivity contribution in [3.8, 4) is 0 Å². The molecule has 0 N–H and O–H groups in total. The SMILES string of the molecule is Cn1c(CC(=O)C2C3CCCC32)nc2ccccc21. The first-order valence-corrected chi connectivity index (χ1v) is 7.19. The Morgan fingerprint density at radius 2 is 2.05 bits per heavy atom. The van der Waals surface area contributed by atoms with Crippen LogP contribution >= 0.6 is 0 Å². The quantitative estimate of drug-likeness (QED) is 0.844. The number of fused-ring (bicyclic) bond motifs is 2. The summed E-state index contributed by atoms with van der Waals surface area (Å²) in [5.74, 6) is 3.10. The maximum absolute atomic E-state index is 12.4. The molecular formula is C16H18N2O. The highest BCUT2D eigenvalue weighted by Crippen LogP contribution is 2.58. The van der Waals surface area contributed by atoms with Gasteiger partial charge in [-0.25, -0.2) is 4.98 Å². The number of carbonyl (C=O) groups excluding carboxylic acids is 1. The molecule has 19 heavy (non-hydrogen) atoms. The summed E-state index contributed by atoms with van der Waals surface area (Å²) in [5.41, 5.74) is 2.10. The smallest absolute Gasteiger partial charge is 0.144 e. The van der Waals surface area contributed by atoms with Crippen LogP contribution in [0.25, 0.3) is 11.0 Å². The van der Waals surface area contributed by atoms with Gasteiger partial charge in [-0.2, -0.15) is 0 Å². The fourth-order valence-corrected chi connectivity index (χ4v) is 3.93. The predicted octanol–water partition coefficient (Wildman–Crippen LogP) is 2.73. The predicted molar refractivity (Wildman–Crippen MR) is 73.7 cm³/mol. The molecule has 0 radical (unpaired) electrons. The van der Waals surface area contributed by atoms with Crippen molar-refractivity contribution in [2.45, 2.75) is 25.7 Å². The Hall–Kier alpha value is -1.64. The van der Waals surface area contributed by atoms with Gasteiger partial charge in [0.05, 0.1) is 17.5 Å². The number of aromatic nitrogens is 2. The van der Waals surface area contributed by atoms with Gasteiger partial charge in [0.1, 0.15) is 11.6 Å². The molecule has 2 fully saturated rings. The first-order chi connectivity index (χ1) is 9.25. The first-order valence-electron chi connectivity index (χ1n) is 7.19. The number of hydrogen-bond donors (Lipinski definition) is 0. The van der Waals surface area contributed by atoms with Crippen molar-refractivity contribution in [2.24, 2.45) is 24.8 Å². The van der Waals surface area contributed by atoms with Gasteiger partial charge in [0.25, 0.3) is 0 Å². The summed E-state index contributed by atoms with van der Waals surface area (Å²) in [6.45, 7) is 0. The monoisotopic (exact) mass is 254 g/mol. The molecule has 2 aliphatic rings. The average Bonchev–Trinajstić information content (AvgIpc) is 2.77. The van der Waals surface area contributed by atoms with Gasteiger partial charge in [-0.05, 0) is 36.8 Å². The Morgan fingerprint density at radius 3 is 2.79 bits per heavy atom. The number of benzene rings is 1. The van der Waals surface area contributed by atoms with Crippen LogP contribution in [0.4, 0.5) is 0 Å². The van der Waals surface area contributed by atoms with Gasteiger partial charge in [0, 0.05) is 13.0 Å². The number of rotatable bonds is 3. The number of hydrogen-bond acceptors (Lipinski definition) is 2. The summed E-state index contributed by atoms with van der Waals surface area (Å²) >= 11 is 0. The number of imidazole rings is 1. The Bertz CT molecular complexity index is 648. The van der Waals surface area contributed by atoms with Crippen molar-refractivity contribution in [3.63, 3.8) is 0 Å². The van der Waals surface area contributed by atoms with Gasteiger partial charge >= 0.3 is 0 Å². The summed E-state index contributed by atoms with van der Waals surface area (Å²) in [6.07, 6.45) is 4.36. The van der Waals surface area contributed by atoms with E-state index >= 15 is 0 Å². The van der Waals surface area contributed by atoms with E-state index in [0.717, 1.165) is 16.9 Å². The molecule has 3 nitrogen and oxygen atoms in total. The second-order valence-electron chi connectivity index (χ2n) is 6.00. The van der Waals surface area contributed by atoms with Crippen LogP contribution in [0.2, 0.25) is 0 Å². The van der Waals surface area contributed by atoms with Crippen molar-refractivity contribution in [3.05, 3.63) is 30.1 Å². The minimum absolute atomic E-state index is 0.355. The zero-order valence-electron chi connectivity index (χ0n) is 11.2. The standard InChI is InChI=1S/C16H18N2O/c1-18-13-8-3-2-7-12(13)17-15(18)9-14(19)16-10-5-4-6-11(10)16/h2-3,7-8,10-11,16H,4-6,9H2,1H3. The molecule has 0 spiro atoms. The molecule has 0 amide bonds. The highest BCUT2D eigenvalue weighted by Gasteiger charge is 2.55. The largest absolute Gasteiger partial charge is 0.331 e. The summed E-state index contributed by atoms with van der Waals surface area (Å²) in [6, 6.07) is 8.07. The number of ketones is 1. The van der Waals surface area contributed by atoms with Gasteiger partial charge in [0.15, 0.2) is 0 Å². The van der Waals surface area contributed by atoms with Crippen molar-refractivity contribution in [2.75, 3.05) is 0 Å². The molecule has 1 aromatic carbocycles. The highest BCUT2D eigenvalue weighted by atomic mass is 16.1. The Kier molecular flexibility index (Phi) is 2.32. The van der Waals surface area contributed by atoms with Crippen molar-refractivity contribution in [1.82, 2.24) is 9.55 Å². The van der Waals surface area contributed by atoms with Crippen molar-refractivity contribution >= 4 is 16.8 Å². The molecule has 1 heterocycles. The Labute approximate surface area is 112 Å². The Morgan fingerprint density at radius 1 is 1.32 bits per heavy atom. The maximum Gasteiger partial charge on any atom is 0.144 e. The van der Waals surface area contributed by atoms with E-state index in [0.29, 0.717) is 30.0 Å². The van der Waals surface area contributed by atoms with Gasteiger partial charge in [-0.3, -0.25) is 4.79 Å². The molecular weight excluding hydrogens is 236 g/mol. The molecule has 2 unspecified atom stereocenters. The van der Waals surface area contributed by atoms with Gasteiger partial charge < -0.3 is 4.57 Å². The lowest BCUT2D eigenvalue weighted by molar-refractivity contribution is -0.120. The topological polar surface area (TPSA) is 34.9 Å². The zero-order valence-corrected chi connectivity index (χ0v) is 11.2. The molecule has 98 valence electrons. The molecule has 0 bridgehead atoms. The number of carbonyl (C=O) groups is 1. The van der Waals surface area contributed by atoms with Crippen LogP contribution in [0.1, 0.15) is 25.1 Å². The lowest BCUT2D eigenvalue weighted by atomic mass is 10.1. The van der Waals surface area contributed by atoms with E-state index in [9.17, 15) is 4.79 Å². The van der Waals surface area contributed by atoms with Crippen LogP contribution in [0.15, 0.2) is 24.3 Å². The molecule has 2 aliphatic carbocycles. The van der Waals surface area contributed by atoms with Gasteiger partial charge in [0.2, 0.25) is 0 Å². The molecule has 2 atom stereocenters. The molecule has 4 rings (SSSR count). The fourth-order valence-electron chi connectivity index (χ4n) is 3.93. The Balaban J connectivity index is 1.58. The molecule has 2 aromatic rings. The first kappa shape index (κ1) is 11.2. The summed E-state index contributed by atoms with van der Waals surface area (Å²) in [4.78, 5) is 17.0. The fraction of sp³-hybridized carbons (Fsp3) is 0.500. The van der Waals surface area contributed by atoms with E-state index in [1.807, 2.05) is 25.2 Å². The maximum atomic E-state index is 12.4. The highest BCUT2D eigenvalue weighted by molar-refractivity contribution is 5.87. The van der Waals surface area contributed by atoms with Crippen LogP contribution in [-0.4, -0.2) is 15.3 Å². The lowest BCUT2D eigenvalue weighted by Gasteiger charge is -2.03. The van der Waals surface area contributed by atoms with E-state index in [1.54, 1.807) is 0 Å². The van der Waals surface area contributed by atoms with Crippen molar-refractivity contribution < 1.29 is 4.79 Å².